The number of halogens is 1. The lowest BCUT2D eigenvalue weighted by Crippen LogP contribution is -2.37. The largest absolute Gasteiger partial charge is 0.377 e. The van der Waals surface area contributed by atoms with E-state index in [2.05, 4.69) is 23.2 Å². The van der Waals surface area contributed by atoms with E-state index in [0.717, 1.165) is 43.7 Å². The van der Waals surface area contributed by atoms with Gasteiger partial charge in [-0.15, -0.1) is 11.3 Å². The first-order valence-electron chi connectivity index (χ1n) is 7.07. The summed E-state index contributed by atoms with van der Waals surface area (Å²) in [6, 6.07) is 4.04. The molecule has 0 aromatic carbocycles. The Kier molecular flexibility index (Phi) is 6.61. The van der Waals surface area contributed by atoms with Crippen LogP contribution < -0.4 is 5.32 Å². The summed E-state index contributed by atoms with van der Waals surface area (Å²) in [7, 11) is 0. The Balaban J connectivity index is 1.60. The van der Waals surface area contributed by atoms with E-state index < -0.39 is 0 Å². The summed E-state index contributed by atoms with van der Waals surface area (Å²) in [5.41, 5.74) is 0. The number of nitrogens with zero attached hydrogens (tertiary/aromatic N) is 1. The molecule has 1 atom stereocenters. The van der Waals surface area contributed by atoms with Crippen molar-refractivity contribution in [3.05, 3.63) is 21.3 Å². The topological polar surface area (TPSA) is 24.5 Å². The molecule has 2 heterocycles. The van der Waals surface area contributed by atoms with Crippen LogP contribution in [0.3, 0.4) is 0 Å². The van der Waals surface area contributed by atoms with Crippen LogP contribution in [0.15, 0.2) is 12.1 Å². The average Bonchev–Trinajstić information content (AvgIpc) is 3.05. The fourth-order valence-corrected chi connectivity index (χ4v) is 3.41. The smallest absolute Gasteiger partial charge is 0.0931 e. The molecule has 0 radical (unpaired) electrons. The highest BCUT2D eigenvalue weighted by molar-refractivity contribution is 7.16. The van der Waals surface area contributed by atoms with Crippen molar-refractivity contribution in [2.24, 2.45) is 0 Å². The van der Waals surface area contributed by atoms with Gasteiger partial charge in [-0.05, 0) is 31.5 Å². The van der Waals surface area contributed by atoms with Crippen molar-refractivity contribution in [3.63, 3.8) is 0 Å². The summed E-state index contributed by atoms with van der Waals surface area (Å²) in [6.07, 6.45) is 2.90. The van der Waals surface area contributed by atoms with Crippen LogP contribution >= 0.6 is 22.9 Å². The van der Waals surface area contributed by atoms with E-state index in [-0.39, 0.29) is 0 Å². The molecule has 1 aliphatic heterocycles. The second kappa shape index (κ2) is 8.22. The predicted octanol–water partition coefficient (Wildman–Crippen LogP) is 2.99. The van der Waals surface area contributed by atoms with E-state index >= 15 is 0 Å². The van der Waals surface area contributed by atoms with Gasteiger partial charge in [0.05, 0.1) is 10.4 Å². The molecular formula is C14H23ClN2OS. The molecule has 1 saturated heterocycles. The molecule has 19 heavy (non-hydrogen) atoms. The molecule has 1 fully saturated rings. The van der Waals surface area contributed by atoms with Crippen LogP contribution in [0, 0.1) is 0 Å². The zero-order valence-corrected chi connectivity index (χ0v) is 13.1. The Morgan fingerprint density at radius 1 is 1.53 bits per heavy atom. The molecule has 0 bridgehead atoms. The molecule has 0 spiro atoms. The van der Waals surface area contributed by atoms with E-state index in [1.54, 1.807) is 11.3 Å². The van der Waals surface area contributed by atoms with Gasteiger partial charge in [-0.1, -0.05) is 18.5 Å². The van der Waals surface area contributed by atoms with Gasteiger partial charge in [-0.3, -0.25) is 4.90 Å². The molecular weight excluding hydrogens is 280 g/mol. The van der Waals surface area contributed by atoms with Gasteiger partial charge < -0.3 is 10.1 Å². The molecule has 0 aliphatic carbocycles. The normalized spacial score (nSPS) is 19.4. The summed E-state index contributed by atoms with van der Waals surface area (Å²) in [5.74, 6) is 0. The standard InChI is InChI=1S/C14H23ClN2OS/c1-2-17(11-12-4-3-9-18-12)8-7-16-10-13-5-6-14(15)19-13/h5-6,12,16H,2-4,7-11H2,1H3. The van der Waals surface area contributed by atoms with Gasteiger partial charge in [-0.2, -0.15) is 0 Å². The maximum Gasteiger partial charge on any atom is 0.0931 e. The SMILES string of the molecule is CCN(CCNCc1ccc(Cl)s1)CC1CCCO1. The third-order valence-electron chi connectivity index (χ3n) is 3.47. The number of nitrogens with one attached hydrogen (secondary N) is 1. The lowest BCUT2D eigenvalue weighted by atomic mass is 10.2. The maximum absolute atomic E-state index is 5.91. The van der Waals surface area contributed by atoms with Crippen molar-refractivity contribution >= 4 is 22.9 Å². The monoisotopic (exact) mass is 302 g/mol. The lowest BCUT2D eigenvalue weighted by molar-refractivity contribution is 0.0751. The van der Waals surface area contributed by atoms with Gasteiger partial charge in [-0.25, -0.2) is 0 Å². The minimum Gasteiger partial charge on any atom is -0.377 e. The molecule has 3 nitrogen and oxygen atoms in total. The zero-order valence-electron chi connectivity index (χ0n) is 11.5. The van der Waals surface area contributed by atoms with Gasteiger partial charge in [0.1, 0.15) is 0 Å². The summed E-state index contributed by atoms with van der Waals surface area (Å²) in [6.45, 7) is 8.32. The quantitative estimate of drug-likeness (QED) is 0.747. The molecule has 5 heteroatoms. The first-order valence-corrected chi connectivity index (χ1v) is 8.26. The van der Waals surface area contributed by atoms with Gasteiger partial charge in [0.15, 0.2) is 0 Å². The van der Waals surface area contributed by atoms with Crippen molar-refractivity contribution in [1.29, 1.82) is 0 Å². The Morgan fingerprint density at radius 2 is 2.42 bits per heavy atom. The highest BCUT2D eigenvalue weighted by atomic mass is 35.5. The number of thiophene rings is 1. The van der Waals surface area contributed by atoms with Crippen molar-refractivity contribution < 1.29 is 4.74 Å². The second-order valence-corrected chi connectivity index (χ2v) is 6.71. The number of likely N-dealkylation sites (N-methyl/N-ethyl adjacent to an activating group) is 1. The van der Waals surface area contributed by atoms with Gasteiger partial charge in [0.25, 0.3) is 0 Å². The van der Waals surface area contributed by atoms with Crippen LogP contribution in [0.4, 0.5) is 0 Å². The molecule has 1 aromatic heterocycles. The van der Waals surface area contributed by atoms with Crippen molar-refractivity contribution in [2.75, 3.05) is 32.8 Å². The minimum absolute atomic E-state index is 0.455. The van der Waals surface area contributed by atoms with Crippen molar-refractivity contribution in [2.45, 2.75) is 32.4 Å². The molecule has 1 unspecified atom stereocenters. The maximum atomic E-state index is 5.91. The first kappa shape index (κ1) is 15.3. The number of ether oxygens (including phenoxy) is 1. The Labute approximate surface area is 124 Å². The number of rotatable bonds is 8. The van der Waals surface area contributed by atoms with Crippen LogP contribution in [-0.4, -0.2) is 43.8 Å². The van der Waals surface area contributed by atoms with E-state index in [0.29, 0.717) is 6.10 Å². The summed E-state index contributed by atoms with van der Waals surface area (Å²) >= 11 is 7.56. The van der Waals surface area contributed by atoms with E-state index in [1.807, 2.05) is 6.07 Å². The molecule has 1 N–H and O–H groups in total. The van der Waals surface area contributed by atoms with E-state index in [9.17, 15) is 0 Å². The number of hydrogen-bond donors (Lipinski definition) is 1. The predicted molar refractivity (Wildman–Crippen MR) is 82.1 cm³/mol. The Bertz CT molecular complexity index is 366. The van der Waals surface area contributed by atoms with Gasteiger partial charge >= 0.3 is 0 Å². The highest BCUT2D eigenvalue weighted by Gasteiger charge is 2.17. The summed E-state index contributed by atoms with van der Waals surface area (Å²) in [5, 5.41) is 3.47. The fraction of sp³-hybridized carbons (Fsp3) is 0.714. The number of hydrogen-bond acceptors (Lipinski definition) is 4. The van der Waals surface area contributed by atoms with Crippen LogP contribution in [-0.2, 0) is 11.3 Å². The lowest BCUT2D eigenvalue weighted by Gasteiger charge is -2.23. The van der Waals surface area contributed by atoms with Crippen molar-refractivity contribution in [3.8, 4) is 0 Å². The third-order valence-corrected chi connectivity index (χ3v) is 4.70. The van der Waals surface area contributed by atoms with Crippen LogP contribution in [0.2, 0.25) is 4.34 Å². The Morgan fingerprint density at radius 3 is 3.05 bits per heavy atom. The van der Waals surface area contributed by atoms with Crippen molar-refractivity contribution in [1.82, 2.24) is 10.2 Å². The van der Waals surface area contributed by atoms with Crippen LogP contribution in [0.5, 0.6) is 0 Å². The highest BCUT2D eigenvalue weighted by Crippen LogP contribution is 2.20. The molecule has 0 saturated carbocycles. The molecule has 0 amide bonds. The van der Waals surface area contributed by atoms with Crippen LogP contribution in [0.25, 0.3) is 0 Å². The summed E-state index contributed by atoms with van der Waals surface area (Å²) in [4.78, 5) is 3.76. The van der Waals surface area contributed by atoms with Gasteiger partial charge in [0, 0.05) is 37.7 Å². The van der Waals surface area contributed by atoms with Crippen LogP contribution in [0.1, 0.15) is 24.6 Å². The second-order valence-electron chi connectivity index (χ2n) is 4.91. The first-order chi connectivity index (χ1) is 9.28. The molecule has 1 aromatic rings. The molecule has 108 valence electrons. The van der Waals surface area contributed by atoms with Gasteiger partial charge in [0.2, 0.25) is 0 Å². The average molecular weight is 303 g/mol. The summed E-state index contributed by atoms with van der Waals surface area (Å²) < 4.78 is 6.55. The van der Waals surface area contributed by atoms with E-state index in [1.165, 1.54) is 17.7 Å². The molecule has 2 rings (SSSR count). The fourth-order valence-electron chi connectivity index (χ4n) is 2.35. The zero-order chi connectivity index (χ0) is 13.5. The third kappa shape index (κ3) is 5.40. The minimum atomic E-state index is 0.455. The molecule has 1 aliphatic rings. The van der Waals surface area contributed by atoms with E-state index in [4.69, 9.17) is 16.3 Å². The Hall–Kier alpha value is -0.130.